The molecule has 1 heteroatoms. The number of pyridine rings is 1. The van der Waals surface area contributed by atoms with Crippen molar-refractivity contribution in [3.05, 3.63) is 54.4 Å². The van der Waals surface area contributed by atoms with Gasteiger partial charge in [0, 0.05) is 18.1 Å². The molecule has 0 aliphatic carbocycles. The first kappa shape index (κ1) is 11.8. The molecule has 2 aromatic rings. The molecule has 0 saturated heterocycles. The van der Waals surface area contributed by atoms with Crippen LogP contribution in [0.2, 0.25) is 0 Å². The Kier molecular flexibility index (Phi) is 3.58. The maximum Gasteiger partial charge on any atom is 0.189 e. The van der Waals surface area contributed by atoms with Crippen LogP contribution in [0.4, 0.5) is 0 Å². The van der Waals surface area contributed by atoms with Gasteiger partial charge in [0.2, 0.25) is 0 Å². The molecule has 0 spiro atoms. The first-order chi connectivity index (χ1) is 8.18. The Morgan fingerprint density at radius 3 is 2.35 bits per heavy atom. The van der Waals surface area contributed by atoms with Gasteiger partial charge in [0.15, 0.2) is 11.9 Å². The van der Waals surface area contributed by atoms with Crippen molar-refractivity contribution in [2.75, 3.05) is 0 Å². The summed E-state index contributed by atoms with van der Waals surface area (Å²) in [5.41, 5.74) is 4.07. The Labute approximate surface area is 104 Å². The van der Waals surface area contributed by atoms with E-state index in [2.05, 4.69) is 74.1 Å². The fourth-order valence-corrected chi connectivity index (χ4v) is 2.17. The molecular weight excluding hydrogens is 206 g/mol. The molecule has 0 atom stereocenters. The maximum atomic E-state index is 2.27. The van der Waals surface area contributed by atoms with Crippen molar-refractivity contribution in [2.45, 2.75) is 20.3 Å². The van der Waals surface area contributed by atoms with E-state index in [0.717, 1.165) is 6.42 Å². The van der Waals surface area contributed by atoms with Crippen molar-refractivity contribution in [3.63, 3.8) is 0 Å². The molecule has 0 saturated carbocycles. The molecule has 0 fully saturated rings. The van der Waals surface area contributed by atoms with Gasteiger partial charge in [0.1, 0.15) is 7.05 Å². The third-order valence-electron chi connectivity index (χ3n) is 3.00. The van der Waals surface area contributed by atoms with Gasteiger partial charge in [-0.25, -0.2) is 4.57 Å². The fraction of sp³-hybridized carbons (Fsp3) is 0.312. The number of hydrogen-bond acceptors (Lipinski definition) is 0. The summed E-state index contributed by atoms with van der Waals surface area (Å²) in [6, 6.07) is 15.0. The quantitative estimate of drug-likeness (QED) is 0.706. The minimum Gasteiger partial charge on any atom is -0.205 e. The lowest BCUT2D eigenvalue weighted by Gasteiger charge is -2.09. The van der Waals surface area contributed by atoms with E-state index in [1.54, 1.807) is 0 Å². The van der Waals surface area contributed by atoms with Crippen molar-refractivity contribution in [2.24, 2.45) is 13.0 Å². The van der Waals surface area contributed by atoms with Crippen molar-refractivity contribution >= 4 is 0 Å². The standard InChI is InChI=1S/C16H20N/c1-13(2)12-16-15(10-7-11-17(16)3)14-8-5-4-6-9-14/h4-11,13H,12H2,1-3H3/q+1. The van der Waals surface area contributed by atoms with Gasteiger partial charge in [-0.05, 0) is 17.5 Å². The Balaban J connectivity index is 2.50. The molecule has 1 aromatic heterocycles. The molecule has 0 N–H and O–H groups in total. The fourth-order valence-electron chi connectivity index (χ4n) is 2.17. The lowest BCUT2D eigenvalue weighted by atomic mass is 9.98. The predicted octanol–water partition coefficient (Wildman–Crippen LogP) is 3.38. The topological polar surface area (TPSA) is 3.88 Å². The number of aryl methyl sites for hydroxylation is 1. The van der Waals surface area contributed by atoms with E-state index in [9.17, 15) is 0 Å². The van der Waals surface area contributed by atoms with Crippen LogP contribution in [0.5, 0.6) is 0 Å². The van der Waals surface area contributed by atoms with Crippen LogP contribution in [0.3, 0.4) is 0 Å². The van der Waals surface area contributed by atoms with Crippen molar-refractivity contribution < 1.29 is 4.57 Å². The third-order valence-corrected chi connectivity index (χ3v) is 3.00. The molecule has 1 aromatic carbocycles. The monoisotopic (exact) mass is 226 g/mol. The van der Waals surface area contributed by atoms with E-state index in [1.807, 2.05) is 0 Å². The highest BCUT2D eigenvalue weighted by Crippen LogP contribution is 2.22. The molecule has 1 heterocycles. The van der Waals surface area contributed by atoms with Crippen LogP contribution < -0.4 is 4.57 Å². The number of nitrogens with zero attached hydrogens (tertiary/aromatic N) is 1. The second-order valence-corrected chi connectivity index (χ2v) is 4.94. The SMILES string of the molecule is CC(C)Cc1c(-c2ccccc2)ccc[n+]1C. The first-order valence-electron chi connectivity index (χ1n) is 6.21. The summed E-state index contributed by atoms with van der Waals surface area (Å²) in [5, 5.41) is 0. The Hall–Kier alpha value is -1.63. The zero-order valence-corrected chi connectivity index (χ0v) is 10.9. The van der Waals surface area contributed by atoms with Gasteiger partial charge in [-0.1, -0.05) is 44.2 Å². The summed E-state index contributed by atoms with van der Waals surface area (Å²) < 4.78 is 2.24. The van der Waals surface area contributed by atoms with Gasteiger partial charge in [-0.2, -0.15) is 0 Å². The predicted molar refractivity (Wildman–Crippen MR) is 71.6 cm³/mol. The molecular formula is C16H20N+. The molecule has 0 bridgehead atoms. The Morgan fingerprint density at radius 2 is 1.71 bits per heavy atom. The van der Waals surface area contributed by atoms with Crippen molar-refractivity contribution in [1.82, 2.24) is 0 Å². The molecule has 2 rings (SSSR count). The molecule has 1 nitrogen and oxygen atoms in total. The summed E-state index contributed by atoms with van der Waals surface area (Å²) in [4.78, 5) is 0. The van der Waals surface area contributed by atoms with E-state index >= 15 is 0 Å². The molecule has 0 amide bonds. The van der Waals surface area contributed by atoms with Crippen LogP contribution >= 0.6 is 0 Å². The second-order valence-electron chi connectivity index (χ2n) is 4.94. The van der Waals surface area contributed by atoms with Crippen LogP contribution in [0, 0.1) is 5.92 Å². The normalized spacial score (nSPS) is 10.8. The number of hydrogen-bond donors (Lipinski definition) is 0. The van der Waals surface area contributed by atoms with Gasteiger partial charge >= 0.3 is 0 Å². The van der Waals surface area contributed by atoms with Gasteiger partial charge in [-0.15, -0.1) is 0 Å². The highest BCUT2D eigenvalue weighted by Gasteiger charge is 2.15. The van der Waals surface area contributed by atoms with E-state index in [0.29, 0.717) is 5.92 Å². The maximum absolute atomic E-state index is 2.27. The van der Waals surface area contributed by atoms with Crippen LogP contribution in [-0.2, 0) is 13.5 Å². The van der Waals surface area contributed by atoms with Gasteiger partial charge in [-0.3, -0.25) is 0 Å². The van der Waals surface area contributed by atoms with Gasteiger partial charge in [0.05, 0.1) is 0 Å². The number of benzene rings is 1. The molecule has 0 aliphatic rings. The number of aromatic nitrogens is 1. The van der Waals surface area contributed by atoms with Gasteiger partial charge in [0.25, 0.3) is 0 Å². The lowest BCUT2D eigenvalue weighted by Crippen LogP contribution is -2.34. The summed E-state index contributed by atoms with van der Waals surface area (Å²) in [5.74, 6) is 0.672. The van der Waals surface area contributed by atoms with Crippen LogP contribution in [0.25, 0.3) is 11.1 Å². The van der Waals surface area contributed by atoms with E-state index in [-0.39, 0.29) is 0 Å². The summed E-state index contributed by atoms with van der Waals surface area (Å²) in [6.07, 6.45) is 3.24. The Morgan fingerprint density at radius 1 is 1.00 bits per heavy atom. The molecule has 88 valence electrons. The molecule has 17 heavy (non-hydrogen) atoms. The van der Waals surface area contributed by atoms with E-state index in [1.165, 1.54) is 16.8 Å². The molecule has 0 aliphatic heterocycles. The average Bonchev–Trinajstić information content (AvgIpc) is 2.32. The van der Waals surface area contributed by atoms with Crippen molar-refractivity contribution in [1.29, 1.82) is 0 Å². The molecule has 0 radical (unpaired) electrons. The lowest BCUT2D eigenvalue weighted by molar-refractivity contribution is -0.678. The third kappa shape index (κ3) is 2.73. The van der Waals surface area contributed by atoms with Gasteiger partial charge < -0.3 is 0 Å². The van der Waals surface area contributed by atoms with E-state index in [4.69, 9.17) is 0 Å². The van der Waals surface area contributed by atoms with Crippen LogP contribution in [0.1, 0.15) is 19.5 Å². The van der Waals surface area contributed by atoms with Crippen LogP contribution in [-0.4, -0.2) is 0 Å². The highest BCUT2D eigenvalue weighted by atomic mass is 14.9. The first-order valence-corrected chi connectivity index (χ1v) is 6.21. The summed E-state index contributed by atoms with van der Waals surface area (Å²) >= 11 is 0. The number of rotatable bonds is 3. The summed E-state index contributed by atoms with van der Waals surface area (Å²) in [7, 11) is 2.13. The minimum absolute atomic E-state index is 0.672. The second kappa shape index (κ2) is 5.13. The smallest absolute Gasteiger partial charge is 0.189 e. The minimum atomic E-state index is 0.672. The largest absolute Gasteiger partial charge is 0.205 e. The Bertz CT molecular complexity index is 486. The summed E-state index contributed by atoms with van der Waals surface area (Å²) in [6.45, 7) is 4.53. The zero-order chi connectivity index (χ0) is 12.3. The van der Waals surface area contributed by atoms with E-state index < -0.39 is 0 Å². The highest BCUT2D eigenvalue weighted by molar-refractivity contribution is 5.64. The van der Waals surface area contributed by atoms with Crippen molar-refractivity contribution in [3.8, 4) is 11.1 Å². The zero-order valence-electron chi connectivity index (χ0n) is 10.9. The van der Waals surface area contributed by atoms with Crippen LogP contribution in [0.15, 0.2) is 48.7 Å². The average molecular weight is 226 g/mol. The molecule has 0 unspecified atom stereocenters.